The van der Waals surface area contributed by atoms with Crippen molar-refractivity contribution in [2.75, 3.05) is 0 Å². The van der Waals surface area contributed by atoms with Gasteiger partial charge >= 0.3 is 0 Å². The fourth-order valence-corrected chi connectivity index (χ4v) is 8.45. The first kappa shape index (κ1) is 29.6. The summed E-state index contributed by atoms with van der Waals surface area (Å²) in [6.45, 7) is 0. The minimum Gasteiger partial charge on any atom is -0.382 e. The van der Waals surface area contributed by atoms with Crippen LogP contribution < -0.4 is 0 Å². The zero-order valence-corrected chi connectivity index (χ0v) is 26.7. The molecular weight excluding hydrogens is 615 g/mol. The summed E-state index contributed by atoms with van der Waals surface area (Å²) in [4.78, 5) is 4.98. The van der Waals surface area contributed by atoms with Crippen LogP contribution in [0.2, 0.25) is 0 Å². The maximum Gasteiger partial charge on any atom is 0.268 e. The molecule has 8 aromatic rings. The van der Waals surface area contributed by atoms with Crippen LogP contribution in [0.5, 0.6) is 0 Å². The first-order valence-corrected chi connectivity index (χ1v) is 17.2. The molecule has 0 amide bonds. The molecule has 0 bridgehead atoms. The van der Waals surface area contributed by atoms with Gasteiger partial charge in [0.25, 0.3) is 10.0 Å². The van der Waals surface area contributed by atoms with Gasteiger partial charge in [-0.25, -0.2) is 17.4 Å². The van der Waals surface area contributed by atoms with Gasteiger partial charge in [0, 0.05) is 17.0 Å². The van der Waals surface area contributed by atoms with E-state index in [1.807, 2.05) is 91.1 Å². The molecule has 0 fully saturated rings. The minimum atomic E-state index is -3.89. The summed E-state index contributed by atoms with van der Waals surface area (Å²) in [6, 6.07) is 52.2. The predicted molar refractivity (Wildman–Crippen MR) is 189 cm³/mol. The van der Waals surface area contributed by atoms with Gasteiger partial charge in [-0.2, -0.15) is 0 Å². The Morgan fingerprint density at radius 2 is 1.08 bits per heavy atom. The number of aliphatic hydroxyl groups is 1. The summed E-state index contributed by atoms with van der Waals surface area (Å²) in [5.41, 5.74) is 4.58. The zero-order chi connectivity index (χ0) is 32.7. The van der Waals surface area contributed by atoms with Crippen LogP contribution in [-0.2, 0) is 15.6 Å². The molecule has 0 saturated heterocycles. The van der Waals surface area contributed by atoms with E-state index in [1.54, 1.807) is 48.8 Å². The molecule has 1 unspecified atom stereocenters. The normalized spacial score (nSPS) is 12.8. The molecule has 0 radical (unpaired) electrons. The van der Waals surface area contributed by atoms with E-state index < -0.39 is 21.7 Å². The number of aliphatic hydroxyl groups excluding tert-OH is 1. The van der Waals surface area contributed by atoms with Gasteiger partial charge in [0.15, 0.2) is 0 Å². The highest BCUT2D eigenvalue weighted by Gasteiger charge is 2.38. The number of para-hydroxylation sites is 1. The fraction of sp³-hybridized carbons (Fsp3) is 0.0488. The molecule has 0 spiro atoms. The summed E-state index contributed by atoms with van der Waals surface area (Å²) < 4.78 is 31.3. The molecule has 6 nitrogen and oxygen atoms in total. The summed E-state index contributed by atoms with van der Waals surface area (Å²) in [5.74, 6) is 0. The smallest absolute Gasteiger partial charge is 0.268 e. The third kappa shape index (κ3) is 4.67. The highest BCUT2D eigenvalue weighted by atomic mass is 32.2. The molecule has 1 N–H and O–H groups in total. The Labute approximate surface area is 278 Å². The van der Waals surface area contributed by atoms with Gasteiger partial charge in [0.2, 0.25) is 0 Å². The van der Waals surface area contributed by atoms with E-state index in [1.165, 1.54) is 3.97 Å². The van der Waals surface area contributed by atoms with Crippen LogP contribution in [0.4, 0.5) is 0 Å². The topological polar surface area (TPSA) is 77.1 Å². The van der Waals surface area contributed by atoms with Crippen molar-refractivity contribution in [2.24, 2.45) is 0 Å². The monoisotopic (exact) mass is 645 g/mol. The lowest BCUT2D eigenvalue weighted by Gasteiger charge is -2.37. The number of fused-ring (bicyclic) bond motifs is 3. The second-order valence-corrected chi connectivity index (χ2v) is 13.6. The maximum absolute atomic E-state index is 13.9. The lowest BCUT2D eigenvalue weighted by Crippen LogP contribution is -2.37. The van der Waals surface area contributed by atoms with Crippen molar-refractivity contribution in [1.29, 1.82) is 0 Å². The van der Waals surface area contributed by atoms with Gasteiger partial charge in [-0.05, 0) is 52.6 Å². The van der Waals surface area contributed by atoms with Crippen LogP contribution in [-0.4, -0.2) is 27.0 Å². The van der Waals surface area contributed by atoms with Crippen molar-refractivity contribution in [1.82, 2.24) is 13.5 Å². The number of hydrogen-bond donors (Lipinski definition) is 1. The number of aromatic nitrogens is 3. The number of nitrogens with zero attached hydrogens (tertiary/aromatic N) is 3. The average molecular weight is 646 g/mol. The molecule has 0 aliphatic heterocycles. The van der Waals surface area contributed by atoms with Gasteiger partial charge in [-0.15, -0.1) is 0 Å². The standard InChI is InChI=1S/C41H31N3O3S/c45-40(30-25-26-39-36(27-30)35-23-13-14-24-38(35)44(39)48(46,47)34-21-11-4-12-22-34)37-28-43(29-42-37)41(31-15-5-1-6-16-31,32-17-7-2-8-18-32)33-19-9-3-10-20-33/h1-29,40,45H. The van der Waals surface area contributed by atoms with Crippen molar-refractivity contribution in [3.05, 3.63) is 204 Å². The molecule has 0 aliphatic rings. The first-order chi connectivity index (χ1) is 23.5. The largest absolute Gasteiger partial charge is 0.382 e. The highest BCUT2D eigenvalue weighted by Crippen LogP contribution is 2.42. The van der Waals surface area contributed by atoms with Gasteiger partial charge in [-0.3, -0.25) is 0 Å². The molecular formula is C41H31N3O3S. The van der Waals surface area contributed by atoms with Crippen LogP contribution in [0.3, 0.4) is 0 Å². The van der Waals surface area contributed by atoms with E-state index in [4.69, 9.17) is 4.98 Å². The summed E-state index contributed by atoms with van der Waals surface area (Å²) in [7, 11) is -3.89. The molecule has 48 heavy (non-hydrogen) atoms. The molecule has 0 saturated carbocycles. The Balaban J connectivity index is 1.27. The van der Waals surface area contributed by atoms with Crippen LogP contribution >= 0.6 is 0 Å². The fourth-order valence-electron chi connectivity index (χ4n) is 6.90. The summed E-state index contributed by atoms with van der Waals surface area (Å²) in [6.07, 6.45) is 2.62. The lowest BCUT2D eigenvalue weighted by atomic mass is 9.77. The van der Waals surface area contributed by atoms with E-state index >= 15 is 0 Å². The van der Waals surface area contributed by atoms with Gasteiger partial charge in [0.1, 0.15) is 11.6 Å². The van der Waals surface area contributed by atoms with E-state index in [0.717, 1.165) is 27.5 Å². The summed E-state index contributed by atoms with van der Waals surface area (Å²) in [5, 5.41) is 13.4. The minimum absolute atomic E-state index is 0.209. The van der Waals surface area contributed by atoms with E-state index in [-0.39, 0.29) is 4.90 Å². The van der Waals surface area contributed by atoms with Crippen molar-refractivity contribution in [3.63, 3.8) is 0 Å². The predicted octanol–water partition coefficient (Wildman–Crippen LogP) is 8.15. The third-order valence-corrected chi connectivity index (χ3v) is 10.8. The van der Waals surface area contributed by atoms with E-state index in [0.29, 0.717) is 22.3 Å². The second kappa shape index (κ2) is 11.8. The van der Waals surface area contributed by atoms with Crippen LogP contribution in [0.15, 0.2) is 181 Å². The van der Waals surface area contributed by atoms with Crippen LogP contribution in [0, 0.1) is 0 Å². The molecule has 6 aromatic carbocycles. The number of imidazole rings is 1. The number of hydrogen-bond acceptors (Lipinski definition) is 4. The molecule has 234 valence electrons. The van der Waals surface area contributed by atoms with Crippen molar-refractivity contribution >= 4 is 31.8 Å². The maximum atomic E-state index is 13.9. The zero-order valence-electron chi connectivity index (χ0n) is 25.8. The molecule has 7 heteroatoms. The Hall–Kier alpha value is -5.76. The van der Waals surface area contributed by atoms with Crippen molar-refractivity contribution < 1.29 is 13.5 Å². The van der Waals surface area contributed by atoms with Crippen LogP contribution in [0.25, 0.3) is 21.8 Å². The summed E-state index contributed by atoms with van der Waals surface area (Å²) >= 11 is 0. The molecule has 1 atom stereocenters. The Kier molecular flexibility index (Phi) is 7.28. The van der Waals surface area contributed by atoms with Gasteiger partial charge in [-0.1, -0.05) is 133 Å². The quantitative estimate of drug-likeness (QED) is 0.169. The van der Waals surface area contributed by atoms with Crippen molar-refractivity contribution in [2.45, 2.75) is 16.5 Å². The molecule has 0 aliphatic carbocycles. The van der Waals surface area contributed by atoms with Gasteiger partial charge < -0.3 is 9.67 Å². The average Bonchev–Trinajstić information content (AvgIpc) is 3.77. The number of rotatable bonds is 8. The second-order valence-electron chi connectivity index (χ2n) is 11.8. The van der Waals surface area contributed by atoms with Crippen molar-refractivity contribution in [3.8, 4) is 0 Å². The SMILES string of the molecule is O=S(=O)(c1ccccc1)n1c2ccccc2c2cc(C(O)c3cn(C(c4ccccc4)(c4ccccc4)c4ccccc4)cn3)ccc21. The lowest BCUT2D eigenvalue weighted by molar-refractivity contribution is 0.216. The molecule has 2 aromatic heterocycles. The van der Waals surface area contributed by atoms with Crippen LogP contribution in [0.1, 0.15) is 34.1 Å². The molecule has 2 heterocycles. The molecule has 8 rings (SSSR count). The van der Waals surface area contributed by atoms with E-state index in [2.05, 4.69) is 41.0 Å². The Morgan fingerprint density at radius 1 is 0.583 bits per heavy atom. The Morgan fingerprint density at radius 3 is 1.67 bits per heavy atom. The van der Waals surface area contributed by atoms with E-state index in [9.17, 15) is 13.5 Å². The Bertz CT molecular complexity index is 2380. The number of benzene rings is 6. The van der Waals surface area contributed by atoms with Gasteiger partial charge in [0.05, 0.1) is 28.0 Å². The highest BCUT2D eigenvalue weighted by molar-refractivity contribution is 7.90. The third-order valence-electron chi connectivity index (χ3n) is 9.09. The first-order valence-electron chi connectivity index (χ1n) is 15.7.